The van der Waals surface area contributed by atoms with E-state index >= 15 is 0 Å². The van der Waals surface area contributed by atoms with Crippen molar-refractivity contribution >= 4 is 49.8 Å². The minimum atomic E-state index is 0.296. The maximum Gasteiger partial charge on any atom is 0.0744 e. The van der Waals surface area contributed by atoms with Crippen LogP contribution < -0.4 is 0 Å². The van der Waals surface area contributed by atoms with Crippen LogP contribution in [-0.2, 0) is 12.2 Å². The molecule has 0 saturated heterocycles. The number of thiophene rings is 1. The molecule has 2 aromatic carbocycles. The highest BCUT2D eigenvalue weighted by Gasteiger charge is 2.20. The Hall–Kier alpha value is -0.770. The fourth-order valence-electron chi connectivity index (χ4n) is 2.92. The van der Waals surface area contributed by atoms with Gasteiger partial charge in [-0.15, -0.1) is 11.3 Å². The van der Waals surface area contributed by atoms with Crippen molar-refractivity contribution in [1.29, 1.82) is 0 Å². The topological polar surface area (TPSA) is 0 Å². The maximum absolute atomic E-state index is 3.95. The predicted octanol–water partition coefficient (Wildman–Crippen LogP) is 6.17. The molecule has 0 saturated carbocycles. The van der Waals surface area contributed by atoms with Crippen molar-refractivity contribution in [2.45, 2.75) is 17.0 Å². The van der Waals surface area contributed by atoms with Crippen LogP contribution in [-0.4, -0.2) is 5.75 Å². The van der Waals surface area contributed by atoms with Crippen LogP contribution in [0, 0.1) is 0 Å². The van der Waals surface area contributed by atoms with Crippen molar-refractivity contribution in [3.05, 3.63) is 69.4 Å². The maximum atomic E-state index is 3.95. The molecule has 0 radical (unpaired) electrons. The Kier molecular flexibility index (Phi) is 3.82. The highest BCUT2D eigenvalue weighted by molar-refractivity contribution is 9.09. The summed E-state index contributed by atoms with van der Waals surface area (Å²) < 4.78 is 0. The normalized spacial score (nSPS) is 15.9. The first-order chi connectivity index (χ1) is 10.3. The summed E-state index contributed by atoms with van der Waals surface area (Å²) in [4.78, 5) is 3.33. The van der Waals surface area contributed by atoms with Gasteiger partial charge >= 0.3 is 0 Å². The van der Waals surface area contributed by atoms with Gasteiger partial charge in [0.15, 0.2) is 0 Å². The second-order valence-electron chi connectivity index (χ2n) is 5.33. The summed E-state index contributed by atoms with van der Waals surface area (Å²) in [7, 11) is 0. The number of hydrogen-bond donors (Lipinski definition) is 0. The van der Waals surface area contributed by atoms with Gasteiger partial charge in [-0.25, -0.2) is 0 Å². The molecule has 3 heteroatoms. The van der Waals surface area contributed by atoms with E-state index in [-0.39, 0.29) is 0 Å². The zero-order valence-corrected chi connectivity index (χ0v) is 14.7. The molecule has 1 aliphatic rings. The summed E-state index contributed by atoms with van der Waals surface area (Å²) in [5.41, 5.74) is 2.93. The zero-order valence-electron chi connectivity index (χ0n) is 11.5. The predicted molar refractivity (Wildman–Crippen MR) is 98.9 cm³/mol. The summed E-state index contributed by atoms with van der Waals surface area (Å²) in [6, 6.07) is 17.7. The number of thioether (sulfide) groups is 1. The first-order valence-electron chi connectivity index (χ1n) is 7.14. The zero-order chi connectivity index (χ0) is 14.2. The van der Waals surface area contributed by atoms with Gasteiger partial charge in [0, 0.05) is 15.5 Å². The lowest BCUT2D eigenvalue weighted by molar-refractivity contribution is 1.13. The Morgan fingerprint density at radius 3 is 2.81 bits per heavy atom. The Labute approximate surface area is 141 Å². The van der Waals surface area contributed by atoms with Gasteiger partial charge < -0.3 is 0 Å². The van der Waals surface area contributed by atoms with Gasteiger partial charge in [0.1, 0.15) is 0 Å². The molecule has 0 spiro atoms. The van der Waals surface area contributed by atoms with Gasteiger partial charge in [-0.1, -0.05) is 58.4 Å². The monoisotopic (exact) mass is 374 g/mol. The molecule has 0 N–H and O–H groups in total. The van der Waals surface area contributed by atoms with E-state index in [0.29, 0.717) is 4.83 Å². The smallest absolute Gasteiger partial charge is 0.0744 e. The Morgan fingerprint density at radius 1 is 1.05 bits per heavy atom. The van der Waals surface area contributed by atoms with Crippen LogP contribution in [0.5, 0.6) is 0 Å². The summed E-state index contributed by atoms with van der Waals surface area (Å²) >= 11 is 7.98. The number of halogens is 1. The van der Waals surface area contributed by atoms with E-state index in [1.807, 2.05) is 11.3 Å². The second kappa shape index (κ2) is 5.79. The number of fused-ring (bicyclic) bond motifs is 2. The Morgan fingerprint density at radius 2 is 1.90 bits per heavy atom. The molecular weight excluding hydrogens is 360 g/mol. The molecule has 1 unspecified atom stereocenters. The van der Waals surface area contributed by atoms with Crippen molar-refractivity contribution < 1.29 is 0 Å². The molecule has 0 aliphatic carbocycles. The van der Waals surface area contributed by atoms with E-state index in [1.165, 1.54) is 39.1 Å². The van der Waals surface area contributed by atoms with E-state index in [2.05, 4.69) is 76.2 Å². The largest absolute Gasteiger partial charge is 0.157 e. The first kappa shape index (κ1) is 13.9. The minimum absolute atomic E-state index is 0.296. The average Bonchev–Trinajstić information content (AvgIpc) is 2.97. The van der Waals surface area contributed by atoms with Crippen LogP contribution >= 0.6 is 39.0 Å². The van der Waals surface area contributed by atoms with Crippen molar-refractivity contribution in [2.24, 2.45) is 0 Å². The van der Waals surface area contributed by atoms with Crippen LogP contribution in [0.25, 0.3) is 10.8 Å². The number of benzene rings is 2. The lowest BCUT2D eigenvalue weighted by atomic mass is 10.0. The second-order valence-corrected chi connectivity index (χ2v) is 8.52. The molecule has 0 bridgehead atoms. The third-order valence-corrected chi connectivity index (χ3v) is 7.59. The van der Waals surface area contributed by atoms with E-state index < -0.39 is 0 Å². The molecular formula is C18H15BrS2. The van der Waals surface area contributed by atoms with Crippen molar-refractivity contribution in [1.82, 2.24) is 0 Å². The van der Waals surface area contributed by atoms with Gasteiger partial charge in [-0.2, -0.15) is 11.8 Å². The number of aryl methyl sites for hydroxylation is 1. The lowest BCUT2D eigenvalue weighted by Crippen LogP contribution is -1.96. The summed E-state index contributed by atoms with van der Waals surface area (Å²) in [6.07, 6.45) is 1.24. The van der Waals surface area contributed by atoms with Crippen LogP contribution in [0.3, 0.4) is 0 Å². The van der Waals surface area contributed by atoms with Gasteiger partial charge in [0.25, 0.3) is 0 Å². The third kappa shape index (κ3) is 2.56. The highest BCUT2D eigenvalue weighted by Crippen LogP contribution is 2.42. The van der Waals surface area contributed by atoms with Crippen LogP contribution in [0.1, 0.15) is 25.7 Å². The summed E-state index contributed by atoms with van der Waals surface area (Å²) in [6.45, 7) is 0. The number of rotatable bonds is 2. The molecule has 106 valence electrons. The highest BCUT2D eigenvalue weighted by atomic mass is 79.9. The Bertz CT molecular complexity index is 762. The fourth-order valence-corrected chi connectivity index (χ4v) is 6.10. The van der Waals surface area contributed by atoms with E-state index in [9.17, 15) is 0 Å². The third-order valence-electron chi connectivity index (χ3n) is 3.99. The summed E-state index contributed by atoms with van der Waals surface area (Å²) in [5.74, 6) is 2.45. The molecule has 1 aromatic heterocycles. The summed E-state index contributed by atoms with van der Waals surface area (Å²) in [5, 5.41) is 2.67. The van der Waals surface area contributed by atoms with Crippen LogP contribution in [0.15, 0.2) is 48.5 Å². The van der Waals surface area contributed by atoms with Crippen LogP contribution in [0.4, 0.5) is 0 Å². The number of hydrogen-bond acceptors (Lipinski definition) is 2. The fraction of sp³-hybridized carbons (Fsp3) is 0.222. The molecule has 0 amide bonds. The molecule has 3 aromatic rings. The molecule has 1 aliphatic heterocycles. The number of alkyl halides is 1. The van der Waals surface area contributed by atoms with Crippen LogP contribution in [0.2, 0.25) is 0 Å². The van der Waals surface area contributed by atoms with E-state index in [1.54, 1.807) is 10.4 Å². The van der Waals surface area contributed by atoms with Crippen molar-refractivity contribution in [3.63, 3.8) is 0 Å². The van der Waals surface area contributed by atoms with E-state index in [4.69, 9.17) is 0 Å². The molecule has 1 atom stereocenters. The van der Waals surface area contributed by atoms with E-state index in [0.717, 1.165) is 0 Å². The minimum Gasteiger partial charge on any atom is -0.157 e. The average molecular weight is 375 g/mol. The molecule has 4 rings (SSSR count). The standard InChI is InChI=1S/C18H15BrS2/c19-18(17-10-13-11-20-9-8-16(13)21-17)15-7-3-5-12-4-1-2-6-14(12)15/h1-7,10,18H,8-9,11H2. The quantitative estimate of drug-likeness (QED) is 0.482. The van der Waals surface area contributed by atoms with Crippen molar-refractivity contribution in [3.8, 4) is 0 Å². The van der Waals surface area contributed by atoms with Gasteiger partial charge in [-0.05, 0) is 40.1 Å². The van der Waals surface area contributed by atoms with Crippen molar-refractivity contribution in [2.75, 3.05) is 5.75 Å². The molecule has 21 heavy (non-hydrogen) atoms. The Balaban J connectivity index is 1.79. The van der Waals surface area contributed by atoms with Gasteiger partial charge in [0.05, 0.1) is 4.83 Å². The molecule has 2 heterocycles. The molecule has 0 nitrogen and oxygen atoms in total. The molecule has 0 fully saturated rings. The SMILES string of the molecule is BrC(c1cc2c(s1)CCSC2)c1cccc2ccccc12. The lowest BCUT2D eigenvalue weighted by Gasteiger charge is -2.11. The first-order valence-corrected chi connectivity index (χ1v) is 10.0. The van der Waals surface area contributed by atoms with Gasteiger partial charge in [0.2, 0.25) is 0 Å². The van der Waals surface area contributed by atoms with Gasteiger partial charge in [-0.3, -0.25) is 0 Å².